The minimum atomic E-state index is 0.854. The molecule has 0 saturated carbocycles. The Morgan fingerprint density at radius 2 is 0.667 bits per heavy atom. The Hall–Kier alpha value is -10.0. The van der Waals surface area contributed by atoms with Gasteiger partial charge in [-0.25, -0.2) is 0 Å². The normalized spacial score (nSPS) is 12.2. The van der Waals surface area contributed by atoms with Crippen LogP contribution < -0.4 is 0 Å². The summed E-state index contributed by atoms with van der Waals surface area (Å²) in [5.74, 6) is 0. The van der Waals surface area contributed by atoms with Crippen molar-refractivity contribution in [2.45, 2.75) is 13.3 Å². The molecular weight excluding hydrogens is 945 g/mol. The van der Waals surface area contributed by atoms with Crippen molar-refractivity contribution in [3.05, 3.63) is 254 Å². The van der Waals surface area contributed by atoms with Crippen molar-refractivity contribution in [3.8, 4) is 44.5 Å². The van der Waals surface area contributed by atoms with Crippen molar-refractivity contribution in [2.24, 2.45) is 0 Å². The molecule has 78 heavy (non-hydrogen) atoms. The zero-order chi connectivity index (χ0) is 51.2. The highest BCUT2D eigenvalue weighted by Gasteiger charge is 2.28. The third-order valence-corrected chi connectivity index (χ3v) is 17.2. The highest BCUT2D eigenvalue weighted by molar-refractivity contribution is 6.37. The van der Waals surface area contributed by atoms with Crippen molar-refractivity contribution >= 4 is 130 Å². The Balaban J connectivity index is 1.01. The molecule has 2 aromatic heterocycles. The number of hydrogen-bond acceptors (Lipinski definition) is 2. The van der Waals surface area contributed by atoms with E-state index in [4.69, 9.17) is 8.83 Å². The van der Waals surface area contributed by atoms with Crippen LogP contribution in [0.4, 0.5) is 0 Å². The summed E-state index contributed by atoms with van der Waals surface area (Å²) in [6.45, 7) is 2.28. The summed E-state index contributed by atoms with van der Waals surface area (Å²) in [6, 6.07) is 91.7. The molecule has 0 spiro atoms. The molecular formula is C76H46O2. The molecule has 15 aromatic carbocycles. The van der Waals surface area contributed by atoms with Gasteiger partial charge in [0.2, 0.25) is 0 Å². The van der Waals surface area contributed by atoms with E-state index in [0.717, 1.165) is 83.3 Å². The standard InChI is InChI=1S/C76H46O2/c1-2-47-48-24-7-6-23-45(48)41-63-49-35-20-36-52(51(49)40-39-50(47)63)70-57-29-12-14-31-59(57)72(60-32-15-13-30-58(60)70)65-43-46-42-64(71-55-27-10-8-25-53(55)68(44-21-4-3-5-22-44)54-26-9-11-28-56(54)71)75-73(61-33-16-18-37-66(61)77-75)69(46)74-62-34-17-19-38-67(62)78-76(65)74/h3-43H,2H2,1H3. The third kappa shape index (κ3) is 5.97. The van der Waals surface area contributed by atoms with E-state index in [1.807, 2.05) is 0 Å². The summed E-state index contributed by atoms with van der Waals surface area (Å²) < 4.78 is 14.5. The maximum Gasteiger partial charge on any atom is 0.143 e. The van der Waals surface area contributed by atoms with Gasteiger partial charge in [0.1, 0.15) is 22.3 Å². The summed E-state index contributed by atoms with van der Waals surface area (Å²) >= 11 is 0. The van der Waals surface area contributed by atoms with Gasteiger partial charge in [0.05, 0.1) is 0 Å². The summed E-state index contributed by atoms with van der Waals surface area (Å²) in [7, 11) is 0. The van der Waals surface area contributed by atoms with Crippen LogP contribution >= 0.6 is 0 Å². The van der Waals surface area contributed by atoms with Gasteiger partial charge in [-0.1, -0.05) is 225 Å². The van der Waals surface area contributed by atoms with Crippen LogP contribution in [0.25, 0.3) is 175 Å². The molecule has 0 amide bonds. The summed E-state index contributed by atoms with van der Waals surface area (Å²) in [4.78, 5) is 0. The fourth-order valence-electron chi connectivity index (χ4n) is 14.0. The SMILES string of the molecule is CCc1c2ccccc2cc2c1ccc1c(-c3c4ccccc4c(-c4cc5cc(-c6c7ccccc7c(-c7ccccc7)c7ccccc67)c6oc7ccccc7c6c5c5c4oc4ccccc45)c4ccccc34)cccc12. The fourth-order valence-corrected chi connectivity index (χ4v) is 14.0. The molecule has 0 fully saturated rings. The Morgan fingerprint density at radius 1 is 0.256 bits per heavy atom. The molecule has 0 bridgehead atoms. The van der Waals surface area contributed by atoms with Crippen LogP contribution in [-0.2, 0) is 6.42 Å². The molecule has 0 saturated heterocycles. The van der Waals surface area contributed by atoms with E-state index < -0.39 is 0 Å². The second kappa shape index (κ2) is 16.5. The molecule has 362 valence electrons. The first-order valence-corrected chi connectivity index (χ1v) is 27.2. The van der Waals surface area contributed by atoms with E-state index in [0.29, 0.717) is 0 Å². The van der Waals surface area contributed by atoms with Crippen LogP contribution in [0.2, 0.25) is 0 Å². The molecule has 0 aliphatic rings. The van der Waals surface area contributed by atoms with Crippen molar-refractivity contribution in [3.63, 3.8) is 0 Å². The molecule has 0 atom stereocenters. The Bertz CT molecular complexity index is 5310. The average molecular weight is 991 g/mol. The van der Waals surface area contributed by atoms with E-state index in [2.05, 4.69) is 256 Å². The van der Waals surface area contributed by atoms with Crippen LogP contribution in [0.3, 0.4) is 0 Å². The lowest BCUT2D eigenvalue weighted by Gasteiger charge is -2.20. The maximum atomic E-state index is 7.30. The molecule has 0 N–H and O–H groups in total. The van der Waals surface area contributed by atoms with Gasteiger partial charge in [-0.05, 0) is 145 Å². The minimum Gasteiger partial charge on any atom is -0.455 e. The topological polar surface area (TPSA) is 26.3 Å². The number of rotatable bonds is 5. The highest BCUT2D eigenvalue weighted by Crippen LogP contribution is 2.54. The lowest BCUT2D eigenvalue weighted by Crippen LogP contribution is -1.94. The van der Waals surface area contributed by atoms with Crippen LogP contribution in [0.5, 0.6) is 0 Å². The van der Waals surface area contributed by atoms with Crippen molar-refractivity contribution in [2.75, 3.05) is 0 Å². The summed E-state index contributed by atoms with van der Waals surface area (Å²) in [5, 5.41) is 23.9. The largest absolute Gasteiger partial charge is 0.455 e. The van der Waals surface area contributed by atoms with Crippen molar-refractivity contribution in [1.29, 1.82) is 0 Å². The smallest absolute Gasteiger partial charge is 0.143 e. The second-order valence-electron chi connectivity index (χ2n) is 21.1. The van der Waals surface area contributed by atoms with Gasteiger partial charge in [-0.2, -0.15) is 0 Å². The molecule has 2 heterocycles. The Morgan fingerprint density at radius 3 is 1.18 bits per heavy atom. The van der Waals surface area contributed by atoms with Gasteiger partial charge >= 0.3 is 0 Å². The van der Waals surface area contributed by atoms with E-state index in [-0.39, 0.29) is 0 Å². The van der Waals surface area contributed by atoms with E-state index in [1.165, 1.54) is 103 Å². The van der Waals surface area contributed by atoms with Crippen molar-refractivity contribution < 1.29 is 8.83 Å². The molecule has 17 aromatic rings. The second-order valence-corrected chi connectivity index (χ2v) is 21.1. The number of hydrogen-bond donors (Lipinski definition) is 0. The predicted molar refractivity (Wildman–Crippen MR) is 332 cm³/mol. The van der Waals surface area contributed by atoms with E-state index in [9.17, 15) is 0 Å². The first-order chi connectivity index (χ1) is 38.7. The zero-order valence-electron chi connectivity index (χ0n) is 42.7. The van der Waals surface area contributed by atoms with Gasteiger partial charge in [-0.3, -0.25) is 0 Å². The quantitative estimate of drug-likeness (QED) is 0.127. The monoisotopic (exact) mass is 990 g/mol. The number of aryl methyl sites for hydroxylation is 1. The summed E-state index contributed by atoms with van der Waals surface area (Å²) in [6.07, 6.45) is 0.966. The molecule has 0 radical (unpaired) electrons. The maximum absolute atomic E-state index is 7.30. The summed E-state index contributed by atoms with van der Waals surface area (Å²) in [5.41, 5.74) is 14.2. The molecule has 17 rings (SSSR count). The minimum absolute atomic E-state index is 0.854. The zero-order valence-corrected chi connectivity index (χ0v) is 42.7. The third-order valence-electron chi connectivity index (χ3n) is 17.2. The van der Waals surface area contributed by atoms with Gasteiger partial charge < -0.3 is 8.83 Å². The molecule has 0 aliphatic heterocycles. The number of para-hydroxylation sites is 2. The highest BCUT2D eigenvalue weighted by atomic mass is 16.3. The predicted octanol–water partition coefficient (Wildman–Crippen LogP) is 21.9. The van der Waals surface area contributed by atoms with Gasteiger partial charge in [0.15, 0.2) is 0 Å². The average Bonchev–Trinajstić information content (AvgIpc) is 4.28. The first-order valence-electron chi connectivity index (χ1n) is 27.2. The Kier molecular flexibility index (Phi) is 9.14. The number of benzene rings is 15. The molecule has 2 nitrogen and oxygen atoms in total. The Labute approximate surface area is 448 Å². The lowest BCUT2D eigenvalue weighted by atomic mass is 9.82. The first kappa shape index (κ1) is 43.2. The van der Waals surface area contributed by atoms with Gasteiger partial charge in [-0.15, -0.1) is 0 Å². The van der Waals surface area contributed by atoms with E-state index >= 15 is 0 Å². The van der Waals surface area contributed by atoms with Crippen LogP contribution in [-0.4, -0.2) is 0 Å². The van der Waals surface area contributed by atoms with Gasteiger partial charge in [0.25, 0.3) is 0 Å². The molecule has 0 aliphatic carbocycles. The molecule has 2 heteroatoms. The van der Waals surface area contributed by atoms with E-state index in [1.54, 1.807) is 0 Å². The van der Waals surface area contributed by atoms with Gasteiger partial charge in [0, 0.05) is 49.2 Å². The number of furan rings is 2. The van der Waals surface area contributed by atoms with Crippen LogP contribution in [0.1, 0.15) is 12.5 Å². The van der Waals surface area contributed by atoms with Crippen molar-refractivity contribution in [1.82, 2.24) is 0 Å². The molecule has 0 unspecified atom stereocenters. The number of fused-ring (bicyclic) bond motifs is 17. The lowest BCUT2D eigenvalue weighted by molar-refractivity contribution is 0.670. The fraction of sp³-hybridized carbons (Fsp3) is 0.0263. The van der Waals surface area contributed by atoms with Crippen LogP contribution in [0.15, 0.2) is 258 Å². The van der Waals surface area contributed by atoms with Crippen LogP contribution in [0, 0.1) is 0 Å².